The summed E-state index contributed by atoms with van der Waals surface area (Å²) < 4.78 is 0. The Kier molecular flexibility index (Phi) is 4.01. The number of non-ortho nitro benzene ring substituents is 1. The van der Waals surface area contributed by atoms with Gasteiger partial charge in [0, 0.05) is 12.1 Å². The molecule has 0 saturated heterocycles. The summed E-state index contributed by atoms with van der Waals surface area (Å²) in [5.41, 5.74) is 0.717. The summed E-state index contributed by atoms with van der Waals surface area (Å²) in [6.45, 7) is 3.76. The van der Waals surface area contributed by atoms with Crippen LogP contribution in [0.4, 0.5) is 5.69 Å². The highest BCUT2D eigenvalue weighted by atomic mass is 35.5. The molecule has 16 heavy (non-hydrogen) atoms. The summed E-state index contributed by atoms with van der Waals surface area (Å²) in [7, 11) is 0. The van der Waals surface area contributed by atoms with Gasteiger partial charge in [-0.15, -0.1) is 0 Å². The number of rotatable bonds is 4. The molecule has 1 unspecified atom stereocenters. The van der Waals surface area contributed by atoms with Crippen LogP contribution in [0.25, 0.3) is 0 Å². The van der Waals surface area contributed by atoms with Gasteiger partial charge >= 0.3 is 0 Å². The van der Waals surface area contributed by atoms with Crippen molar-refractivity contribution in [1.29, 1.82) is 0 Å². The van der Waals surface area contributed by atoms with Crippen LogP contribution in [0, 0.1) is 16.0 Å². The van der Waals surface area contributed by atoms with Crippen LogP contribution in [0.3, 0.4) is 0 Å². The smallest absolute Gasteiger partial charge is 0.269 e. The van der Waals surface area contributed by atoms with Crippen LogP contribution < -0.4 is 0 Å². The maximum Gasteiger partial charge on any atom is 0.269 e. The number of halogens is 1. The zero-order valence-corrected chi connectivity index (χ0v) is 9.77. The number of hydrogen-bond donors (Lipinski definition) is 0. The van der Waals surface area contributed by atoms with E-state index in [4.69, 9.17) is 11.6 Å². The Morgan fingerprint density at radius 1 is 1.31 bits per heavy atom. The van der Waals surface area contributed by atoms with Gasteiger partial charge in [-0.05, 0) is 23.1 Å². The molecule has 0 bridgehead atoms. The number of nitro groups is 1. The molecular formula is C11H12ClNO3. The van der Waals surface area contributed by atoms with E-state index in [0.717, 1.165) is 0 Å². The second-order valence-corrected chi connectivity index (χ2v) is 4.25. The second kappa shape index (κ2) is 5.07. The van der Waals surface area contributed by atoms with Crippen LogP contribution in [0.5, 0.6) is 0 Å². The van der Waals surface area contributed by atoms with Crippen molar-refractivity contribution in [3.8, 4) is 0 Å². The molecule has 1 aromatic carbocycles. The summed E-state index contributed by atoms with van der Waals surface area (Å²) >= 11 is 5.50. The summed E-state index contributed by atoms with van der Waals surface area (Å²) in [5.74, 6) is -0.353. The molecule has 0 amide bonds. The van der Waals surface area contributed by atoms with Gasteiger partial charge in [-0.3, -0.25) is 14.9 Å². The number of carbonyl (C=O) groups is 1. The minimum Gasteiger partial charge on any atom is -0.281 e. The normalized spacial score (nSPS) is 12.5. The van der Waals surface area contributed by atoms with Gasteiger partial charge in [0.05, 0.1) is 10.8 Å². The van der Waals surface area contributed by atoms with Crippen molar-refractivity contribution in [3.05, 3.63) is 39.9 Å². The monoisotopic (exact) mass is 241 g/mol. The Morgan fingerprint density at radius 3 is 2.12 bits per heavy atom. The Balaban J connectivity index is 3.03. The molecule has 86 valence electrons. The molecule has 0 radical (unpaired) electrons. The SMILES string of the molecule is CC(C)C(C(=O)Cl)c1ccc([N+](=O)[O-])cc1. The van der Waals surface area contributed by atoms with Crippen LogP contribution in [0.15, 0.2) is 24.3 Å². The molecule has 0 aliphatic rings. The first-order valence-electron chi connectivity index (χ1n) is 4.87. The standard InChI is InChI=1S/C11H12ClNO3/c1-7(2)10(11(12)14)8-3-5-9(6-4-8)13(15)16/h3-7,10H,1-2H3. The highest BCUT2D eigenvalue weighted by molar-refractivity contribution is 6.64. The van der Waals surface area contributed by atoms with Crippen LogP contribution in [-0.2, 0) is 4.79 Å². The molecule has 0 N–H and O–H groups in total. The zero-order valence-electron chi connectivity index (χ0n) is 9.01. The van der Waals surface area contributed by atoms with Crippen molar-refractivity contribution in [1.82, 2.24) is 0 Å². The van der Waals surface area contributed by atoms with Gasteiger partial charge in [-0.2, -0.15) is 0 Å². The summed E-state index contributed by atoms with van der Waals surface area (Å²) in [4.78, 5) is 21.2. The van der Waals surface area contributed by atoms with Gasteiger partial charge in [0.25, 0.3) is 5.69 Å². The van der Waals surface area contributed by atoms with Crippen LogP contribution >= 0.6 is 11.6 Å². The lowest BCUT2D eigenvalue weighted by molar-refractivity contribution is -0.384. The topological polar surface area (TPSA) is 60.2 Å². The van der Waals surface area contributed by atoms with Gasteiger partial charge in [0.15, 0.2) is 0 Å². The van der Waals surface area contributed by atoms with Crippen LogP contribution in [0.1, 0.15) is 25.3 Å². The maximum absolute atomic E-state index is 11.2. The molecule has 0 saturated carbocycles. The number of hydrogen-bond acceptors (Lipinski definition) is 3. The number of carbonyl (C=O) groups excluding carboxylic acids is 1. The van der Waals surface area contributed by atoms with Gasteiger partial charge in [0.1, 0.15) is 0 Å². The molecule has 1 aromatic rings. The van der Waals surface area contributed by atoms with E-state index in [2.05, 4.69) is 0 Å². The third-order valence-corrected chi connectivity index (χ3v) is 2.61. The highest BCUT2D eigenvalue weighted by Crippen LogP contribution is 2.28. The van der Waals surface area contributed by atoms with Crippen molar-refractivity contribution < 1.29 is 9.72 Å². The molecule has 0 aromatic heterocycles. The van der Waals surface area contributed by atoms with E-state index in [0.29, 0.717) is 5.56 Å². The molecular weight excluding hydrogens is 230 g/mol. The average molecular weight is 242 g/mol. The van der Waals surface area contributed by atoms with Crippen molar-refractivity contribution in [2.24, 2.45) is 5.92 Å². The fourth-order valence-electron chi connectivity index (χ4n) is 1.58. The Hall–Kier alpha value is -1.42. The number of nitrogens with zero attached hydrogens (tertiary/aromatic N) is 1. The van der Waals surface area contributed by atoms with Crippen LogP contribution in [-0.4, -0.2) is 10.2 Å². The molecule has 5 heteroatoms. The quantitative estimate of drug-likeness (QED) is 0.462. The second-order valence-electron chi connectivity index (χ2n) is 3.87. The Labute approximate surface area is 98.4 Å². The first-order valence-corrected chi connectivity index (χ1v) is 5.25. The minimum atomic E-state index is -0.476. The summed E-state index contributed by atoms with van der Waals surface area (Å²) in [5, 5.41) is 10.0. The van der Waals surface area contributed by atoms with E-state index >= 15 is 0 Å². The summed E-state index contributed by atoms with van der Waals surface area (Å²) in [6, 6.07) is 5.90. The lowest BCUT2D eigenvalue weighted by Crippen LogP contribution is -2.13. The van der Waals surface area contributed by atoms with Crippen molar-refractivity contribution in [3.63, 3.8) is 0 Å². The first kappa shape index (κ1) is 12.6. The molecule has 4 nitrogen and oxygen atoms in total. The molecule has 0 aliphatic heterocycles. The fourth-order valence-corrected chi connectivity index (χ4v) is 1.96. The van der Waals surface area contributed by atoms with E-state index in [1.807, 2.05) is 13.8 Å². The first-order chi connectivity index (χ1) is 7.43. The highest BCUT2D eigenvalue weighted by Gasteiger charge is 2.22. The van der Waals surface area contributed by atoms with Gasteiger partial charge in [-0.1, -0.05) is 26.0 Å². The van der Waals surface area contributed by atoms with Crippen molar-refractivity contribution in [2.45, 2.75) is 19.8 Å². The molecule has 0 heterocycles. The van der Waals surface area contributed by atoms with E-state index in [1.165, 1.54) is 12.1 Å². The van der Waals surface area contributed by atoms with E-state index in [1.54, 1.807) is 12.1 Å². The molecule has 1 atom stereocenters. The lowest BCUT2D eigenvalue weighted by Gasteiger charge is -2.16. The Bertz CT molecular complexity index is 400. The largest absolute Gasteiger partial charge is 0.281 e. The fraction of sp³-hybridized carbons (Fsp3) is 0.364. The van der Waals surface area contributed by atoms with Gasteiger partial charge in [-0.25, -0.2) is 0 Å². The molecule has 1 rings (SSSR count). The van der Waals surface area contributed by atoms with Crippen molar-refractivity contribution in [2.75, 3.05) is 0 Å². The number of benzene rings is 1. The predicted octanol–water partition coefficient (Wildman–Crippen LogP) is 3.10. The van der Waals surface area contributed by atoms with Gasteiger partial charge < -0.3 is 0 Å². The third kappa shape index (κ3) is 2.79. The van der Waals surface area contributed by atoms with E-state index < -0.39 is 16.1 Å². The molecule has 0 spiro atoms. The minimum absolute atomic E-state index is 0.00766. The Morgan fingerprint density at radius 2 is 1.81 bits per heavy atom. The maximum atomic E-state index is 11.2. The van der Waals surface area contributed by atoms with E-state index in [-0.39, 0.29) is 11.6 Å². The molecule has 0 aliphatic carbocycles. The van der Waals surface area contributed by atoms with Crippen molar-refractivity contribution >= 4 is 22.5 Å². The number of nitro benzene ring substituents is 1. The zero-order chi connectivity index (χ0) is 12.3. The predicted molar refractivity (Wildman–Crippen MR) is 61.5 cm³/mol. The summed E-state index contributed by atoms with van der Waals surface area (Å²) in [6.07, 6.45) is 0. The van der Waals surface area contributed by atoms with Crippen LogP contribution in [0.2, 0.25) is 0 Å². The molecule has 0 fully saturated rings. The van der Waals surface area contributed by atoms with E-state index in [9.17, 15) is 14.9 Å². The third-order valence-electron chi connectivity index (χ3n) is 2.37. The average Bonchev–Trinajstić information content (AvgIpc) is 2.17. The van der Waals surface area contributed by atoms with Gasteiger partial charge in [0.2, 0.25) is 5.24 Å². The lowest BCUT2D eigenvalue weighted by atomic mass is 9.89.